The molecule has 0 aliphatic carbocycles. The maximum atomic E-state index is 5.49. The minimum Gasteiger partial charge on any atom is -0.379 e. The number of ether oxygens (including phenoxy) is 3. The summed E-state index contributed by atoms with van der Waals surface area (Å²) in [7, 11) is 0. The van der Waals surface area contributed by atoms with E-state index in [-0.39, 0.29) is 0 Å². The summed E-state index contributed by atoms with van der Waals surface area (Å²) in [6.07, 6.45) is 7.46. The largest absolute Gasteiger partial charge is 0.379 e. The maximum absolute atomic E-state index is 5.49. The molecule has 0 unspecified atom stereocenters. The molecule has 0 bridgehead atoms. The zero-order valence-corrected chi connectivity index (χ0v) is 14.0. The molecular weight excluding hydrogens is 343 g/mol. The van der Waals surface area contributed by atoms with Gasteiger partial charge in [0.1, 0.15) is 0 Å². The average molecular weight is 372 g/mol. The molecule has 4 heteroatoms. The van der Waals surface area contributed by atoms with Gasteiger partial charge < -0.3 is 14.2 Å². The van der Waals surface area contributed by atoms with Crippen LogP contribution in [0.4, 0.5) is 0 Å². The third-order valence-electron chi connectivity index (χ3n) is 2.56. The normalized spacial score (nSPS) is 11.0. The monoisotopic (exact) mass is 372 g/mol. The number of halogens is 1. The third-order valence-corrected chi connectivity index (χ3v) is 3.32. The standard InChI is InChI=1S/C14H29IO3/c1-2-3-9-16-11-13-18-14-12-17-10-7-5-4-6-8-15/h2-14H2,1H3. The van der Waals surface area contributed by atoms with Crippen LogP contribution in [-0.4, -0.2) is 44.1 Å². The molecule has 0 spiro atoms. The molecule has 0 heterocycles. The van der Waals surface area contributed by atoms with Crippen molar-refractivity contribution >= 4 is 22.6 Å². The Balaban J connectivity index is 2.86. The van der Waals surface area contributed by atoms with E-state index < -0.39 is 0 Å². The van der Waals surface area contributed by atoms with Crippen molar-refractivity contribution < 1.29 is 14.2 Å². The molecule has 0 N–H and O–H groups in total. The molecule has 0 fully saturated rings. The predicted octanol–water partition coefficient (Wildman–Crippen LogP) is 3.83. The summed E-state index contributed by atoms with van der Waals surface area (Å²) in [4.78, 5) is 0. The van der Waals surface area contributed by atoms with Crippen LogP contribution in [0, 0.1) is 0 Å². The summed E-state index contributed by atoms with van der Waals surface area (Å²) in [6.45, 7) is 6.68. The van der Waals surface area contributed by atoms with Crippen LogP contribution in [-0.2, 0) is 14.2 Å². The highest BCUT2D eigenvalue weighted by atomic mass is 127. The summed E-state index contributed by atoms with van der Waals surface area (Å²) >= 11 is 2.43. The molecule has 0 radical (unpaired) electrons. The van der Waals surface area contributed by atoms with Crippen LogP contribution < -0.4 is 0 Å². The quantitative estimate of drug-likeness (QED) is 0.248. The van der Waals surface area contributed by atoms with Crippen molar-refractivity contribution in [3.8, 4) is 0 Å². The van der Waals surface area contributed by atoms with Crippen LogP contribution in [0.2, 0.25) is 0 Å². The van der Waals surface area contributed by atoms with Gasteiger partial charge in [0.2, 0.25) is 0 Å². The molecular formula is C14H29IO3. The minimum atomic E-state index is 0.683. The van der Waals surface area contributed by atoms with Crippen LogP contribution >= 0.6 is 22.6 Å². The van der Waals surface area contributed by atoms with E-state index in [0.717, 1.165) is 19.6 Å². The number of rotatable bonds is 15. The van der Waals surface area contributed by atoms with Gasteiger partial charge in [0.05, 0.1) is 26.4 Å². The molecule has 0 amide bonds. The van der Waals surface area contributed by atoms with E-state index in [2.05, 4.69) is 29.5 Å². The molecule has 3 nitrogen and oxygen atoms in total. The fourth-order valence-electron chi connectivity index (χ4n) is 1.44. The number of hydrogen-bond acceptors (Lipinski definition) is 3. The SMILES string of the molecule is CCCCOCCOCCOCCCCCCI. The van der Waals surface area contributed by atoms with Gasteiger partial charge in [0.25, 0.3) is 0 Å². The predicted molar refractivity (Wildman–Crippen MR) is 84.7 cm³/mol. The summed E-state index contributed by atoms with van der Waals surface area (Å²) in [6, 6.07) is 0. The molecule has 0 rings (SSSR count). The first-order chi connectivity index (χ1) is 8.91. The van der Waals surface area contributed by atoms with E-state index in [9.17, 15) is 0 Å². The van der Waals surface area contributed by atoms with Crippen LogP contribution in [0.25, 0.3) is 0 Å². The summed E-state index contributed by atoms with van der Waals surface area (Å²) in [5.41, 5.74) is 0. The van der Waals surface area contributed by atoms with Crippen molar-refractivity contribution in [3.63, 3.8) is 0 Å². The second-order valence-electron chi connectivity index (χ2n) is 4.29. The van der Waals surface area contributed by atoms with Crippen LogP contribution in [0.1, 0.15) is 45.4 Å². The Bertz CT molecular complexity index is 129. The minimum absolute atomic E-state index is 0.683. The number of alkyl halides is 1. The van der Waals surface area contributed by atoms with E-state index in [0.29, 0.717) is 26.4 Å². The van der Waals surface area contributed by atoms with Gasteiger partial charge >= 0.3 is 0 Å². The summed E-state index contributed by atoms with van der Waals surface area (Å²) in [5.74, 6) is 0. The van der Waals surface area contributed by atoms with Gasteiger partial charge in [-0.3, -0.25) is 0 Å². The molecule has 0 aliphatic heterocycles. The summed E-state index contributed by atoms with van der Waals surface area (Å²) < 4.78 is 17.6. The molecule has 0 aliphatic rings. The first kappa shape index (κ1) is 18.6. The van der Waals surface area contributed by atoms with Crippen molar-refractivity contribution in [3.05, 3.63) is 0 Å². The Morgan fingerprint density at radius 2 is 1.11 bits per heavy atom. The highest BCUT2D eigenvalue weighted by Crippen LogP contribution is 2.02. The van der Waals surface area contributed by atoms with Crippen molar-refractivity contribution in [2.24, 2.45) is 0 Å². The zero-order chi connectivity index (χ0) is 13.3. The smallest absolute Gasteiger partial charge is 0.0701 e. The van der Waals surface area contributed by atoms with Crippen molar-refractivity contribution in [1.82, 2.24) is 0 Å². The lowest BCUT2D eigenvalue weighted by molar-refractivity contribution is 0.0134. The molecule has 0 aromatic heterocycles. The van der Waals surface area contributed by atoms with Gasteiger partial charge in [-0.25, -0.2) is 0 Å². The first-order valence-electron chi connectivity index (χ1n) is 7.21. The molecule has 110 valence electrons. The second kappa shape index (κ2) is 17.6. The van der Waals surface area contributed by atoms with Crippen LogP contribution in [0.3, 0.4) is 0 Å². The van der Waals surface area contributed by atoms with Gasteiger partial charge in [0.15, 0.2) is 0 Å². The van der Waals surface area contributed by atoms with Crippen LogP contribution in [0.15, 0.2) is 0 Å². The van der Waals surface area contributed by atoms with E-state index in [1.54, 1.807) is 0 Å². The molecule has 18 heavy (non-hydrogen) atoms. The van der Waals surface area contributed by atoms with Gasteiger partial charge in [-0.05, 0) is 23.7 Å². The lowest BCUT2D eigenvalue weighted by Crippen LogP contribution is -2.10. The Kier molecular flexibility index (Phi) is 18.2. The van der Waals surface area contributed by atoms with Gasteiger partial charge in [0, 0.05) is 13.2 Å². The molecule has 0 saturated heterocycles. The van der Waals surface area contributed by atoms with Crippen molar-refractivity contribution in [1.29, 1.82) is 0 Å². The third kappa shape index (κ3) is 16.6. The van der Waals surface area contributed by atoms with Crippen molar-refractivity contribution in [2.75, 3.05) is 44.1 Å². The Morgan fingerprint density at radius 1 is 0.611 bits per heavy atom. The Labute approximate surface area is 126 Å². The molecule has 0 saturated carbocycles. The fraction of sp³-hybridized carbons (Fsp3) is 1.00. The van der Waals surface area contributed by atoms with Gasteiger partial charge in [-0.2, -0.15) is 0 Å². The maximum Gasteiger partial charge on any atom is 0.0701 e. The lowest BCUT2D eigenvalue weighted by atomic mass is 10.2. The van der Waals surface area contributed by atoms with E-state index in [1.807, 2.05) is 0 Å². The van der Waals surface area contributed by atoms with E-state index >= 15 is 0 Å². The molecule has 0 aromatic carbocycles. The highest BCUT2D eigenvalue weighted by Gasteiger charge is 1.92. The number of hydrogen-bond donors (Lipinski definition) is 0. The van der Waals surface area contributed by atoms with Crippen LogP contribution in [0.5, 0.6) is 0 Å². The van der Waals surface area contributed by atoms with E-state index in [1.165, 1.54) is 36.5 Å². The fourth-order valence-corrected chi connectivity index (χ4v) is 1.98. The molecule has 0 aromatic rings. The van der Waals surface area contributed by atoms with Gasteiger partial charge in [-0.1, -0.05) is 48.8 Å². The van der Waals surface area contributed by atoms with Gasteiger partial charge in [-0.15, -0.1) is 0 Å². The Morgan fingerprint density at radius 3 is 1.67 bits per heavy atom. The highest BCUT2D eigenvalue weighted by molar-refractivity contribution is 14.1. The van der Waals surface area contributed by atoms with Crippen molar-refractivity contribution in [2.45, 2.75) is 45.4 Å². The number of unbranched alkanes of at least 4 members (excludes halogenated alkanes) is 4. The Hall–Kier alpha value is 0.610. The summed E-state index contributed by atoms with van der Waals surface area (Å²) in [5, 5.41) is 0. The zero-order valence-electron chi connectivity index (χ0n) is 11.8. The lowest BCUT2D eigenvalue weighted by Gasteiger charge is -2.06. The topological polar surface area (TPSA) is 27.7 Å². The molecule has 0 atom stereocenters. The average Bonchev–Trinajstić information content (AvgIpc) is 2.39. The second-order valence-corrected chi connectivity index (χ2v) is 5.37. The van der Waals surface area contributed by atoms with E-state index in [4.69, 9.17) is 14.2 Å². The first-order valence-corrected chi connectivity index (χ1v) is 8.73.